The summed E-state index contributed by atoms with van der Waals surface area (Å²) < 4.78 is 10.0. The number of nitrogens with one attached hydrogen (secondary N) is 1. The predicted molar refractivity (Wildman–Crippen MR) is 69.7 cm³/mol. The first kappa shape index (κ1) is 15.0. The second-order valence-corrected chi connectivity index (χ2v) is 4.39. The van der Waals surface area contributed by atoms with Crippen molar-refractivity contribution in [3.63, 3.8) is 0 Å². The summed E-state index contributed by atoms with van der Waals surface area (Å²) in [7, 11) is 2.86. The molecule has 6 nitrogen and oxygen atoms in total. The SMILES string of the molecule is COc1ccc(C(=O)O)c(NC(=O)C(C)(C)OC)c1. The van der Waals surface area contributed by atoms with Crippen molar-refractivity contribution in [1.82, 2.24) is 0 Å². The van der Waals surface area contributed by atoms with Gasteiger partial charge in [-0.2, -0.15) is 0 Å². The highest BCUT2D eigenvalue weighted by atomic mass is 16.5. The first-order valence-electron chi connectivity index (χ1n) is 5.59. The Morgan fingerprint density at radius 2 is 1.89 bits per heavy atom. The van der Waals surface area contributed by atoms with E-state index in [2.05, 4.69) is 5.32 Å². The third-order valence-electron chi connectivity index (χ3n) is 2.76. The van der Waals surface area contributed by atoms with Crippen LogP contribution in [0.25, 0.3) is 0 Å². The molecule has 0 bridgehead atoms. The third-order valence-corrected chi connectivity index (χ3v) is 2.76. The molecule has 0 unspecified atom stereocenters. The molecular weight excluding hydrogens is 250 g/mol. The van der Waals surface area contributed by atoms with E-state index < -0.39 is 17.5 Å². The topological polar surface area (TPSA) is 84.9 Å². The zero-order chi connectivity index (χ0) is 14.6. The van der Waals surface area contributed by atoms with E-state index in [1.165, 1.54) is 32.4 Å². The van der Waals surface area contributed by atoms with Crippen LogP contribution in [0.2, 0.25) is 0 Å². The number of hydrogen-bond donors (Lipinski definition) is 2. The smallest absolute Gasteiger partial charge is 0.337 e. The van der Waals surface area contributed by atoms with Gasteiger partial charge in [0.25, 0.3) is 5.91 Å². The van der Waals surface area contributed by atoms with Crippen LogP contribution >= 0.6 is 0 Å². The van der Waals surface area contributed by atoms with Crippen molar-refractivity contribution in [3.8, 4) is 5.75 Å². The van der Waals surface area contributed by atoms with E-state index in [0.717, 1.165) is 0 Å². The summed E-state index contributed by atoms with van der Waals surface area (Å²) in [6.45, 7) is 3.17. The third kappa shape index (κ3) is 3.45. The predicted octanol–water partition coefficient (Wildman–Crippen LogP) is 1.76. The van der Waals surface area contributed by atoms with E-state index in [0.29, 0.717) is 5.75 Å². The van der Waals surface area contributed by atoms with Crippen molar-refractivity contribution in [2.75, 3.05) is 19.5 Å². The monoisotopic (exact) mass is 267 g/mol. The highest BCUT2D eigenvalue weighted by Crippen LogP contribution is 2.24. The molecule has 0 saturated carbocycles. The van der Waals surface area contributed by atoms with E-state index in [9.17, 15) is 9.59 Å². The maximum atomic E-state index is 12.0. The van der Waals surface area contributed by atoms with Crippen molar-refractivity contribution >= 4 is 17.6 Å². The van der Waals surface area contributed by atoms with E-state index in [-0.39, 0.29) is 11.3 Å². The number of amides is 1. The molecule has 2 N–H and O–H groups in total. The normalized spacial score (nSPS) is 10.9. The average molecular weight is 267 g/mol. The summed E-state index contributed by atoms with van der Waals surface area (Å²) in [5, 5.41) is 11.6. The standard InChI is InChI=1S/C13H17NO5/c1-13(2,19-4)12(17)14-10-7-8(18-3)5-6-9(10)11(15)16/h5-7H,1-4H3,(H,14,17)(H,15,16). The lowest BCUT2D eigenvalue weighted by Gasteiger charge is -2.22. The summed E-state index contributed by atoms with van der Waals surface area (Å²) in [6.07, 6.45) is 0. The van der Waals surface area contributed by atoms with E-state index in [4.69, 9.17) is 14.6 Å². The number of carboxylic acid groups (broad SMARTS) is 1. The number of aromatic carboxylic acids is 1. The van der Waals surface area contributed by atoms with E-state index in [1.807, 2.05) is 0 Å². The van der Waals surface area contributed by atoms with Crippen LogP contribution in [-0.2, 0) is 9.53 Å². The first-order valence-corrected chi connectivity index (χ1v) is 5.59. The summed E-state index contributed by atoms with van der Waals surface area (Å²) in [6, 6.07) is 4.34. The second-order valence-electron chi connectivity index (χ2n) is 4.39. The number of anilines is 1. The Kier molecular flexibility index (Phi) is 4.50. The van der Waals surface area contributed by atoms with Crippen molar-refractivity contribution in [2.45, 2.75) is 19.4 Å². The van der Waals surface area contributed by atoms with Gasteiger partial charge in [0, 0.05) is 13.2 Å². The van der Waals surface area contributed by atoms with Crippen molar-refractivity contribution in [3.05, 3.63) is 23.8 Å². The lowest BCUT2D eigenvalue weighted by molar-refractivity contribution is -0.133. The van der Waals surface area contributed by atoms with Crippen LogP contribution in [0.3, 0.4) is 0 Å². The molecule has 1 amide bonds. The molecule has 0 heterocycles. The van der Waals surface area contributed by atoms with Gasteiger partial charge in [-0.25, -0.2) is 4.79 Å². The van der Waals surface area contributed by atoms with Gasteiger partial charge in [0.05, 0.1) is 18.4 Å². The van der Waals surface area contributed by atoms with Crippen molar-refractivity contribution in [1.29, 1.82) is 0 Å². The van der Waals surface area contributed by atoms with Crippen LogP contribution in [-0.4, -0.2) is 36.8 Å². The first-order chi connectivity index (χ1) is 8.81. The molecule has 6 heteroatoms. The zero-order valence-electron chi connectivity index (χ0n) is 11.3. The van der Waals surface area contributed by atoms with Gasteiger partial charge in [-0.1, -0.05) is 0 Å². The second kappa shape index (κ2) is 5.71. The van der Waals surface area contributed by atoms with Crippen LogP contribution in [0.1, 0.15) is 24.2 Å². The van der Waals surface area contributed by atoms with Gasteiger partial charge in [0.15, 0.2) is 0 Å². The van der Waals surface area contributed by atoms with Gasteiger partial charge in [-0.15, -0.1) is 0 Å². The number of benzene rings is 1. The lowest BCUT2D eigenvalue weighted by atomic mass is 10.1. The Bertz CT molecular complexity index is 496. The van der Waals surface area contributed by atoms with E-state index in [1.54, 1.807) is 13.8 Å². The van der Waals surface area contributed by atoms with Gasteiger partial charge in [-0.3, -0.25) is 4.79 Å². The molecule has 0 aliphatic carbocycles. The minimum Gasteiger partial charge on any atom is -0.497 e. The Balaban J connectivity index is 3.11. The Morgan fingerprint density at radius 1 is 1.26 bits per heavy atom. The largest absolute Gasteiger partial charge is 0.497 e. The zero-order valence-corrected chi connectivity index (χ0v) is 11.3. The summed E-state index contributed by atoms with van der Waals surface area (Å²) in [5.74, 6) is -1.12. The molecule has 104 valence electrons. The fraction of sp³-hybridized carbons (Fsp3) is 0.385. The fourth-order valence-corrected chi connectivity index (χ4v) is 1.31. The van der Waals surface area contributed by atoms with Crippen LogP contribution in [0, 0.1) is 0 Å². The maximum absolute atomic E-state index is 12.0. The Hall–Kier alpha value is -2.08. The minimum absolute atomic E-state index is 0.0129. The fourth-order valence-electron chi connectivity index (χ4n) is 1.31. The molecule has 0 atom stereocenters. The highest BCUT2D eigenvalue weighted by Gasteiger charge is 2.28. The van der Waals surface area contributed by atoms with Gasteiger partial charge in [-0.05, 0) is 26.0 Å². The highest BCUT2D eigenvalue weighted by molar-refractivity contribution is 6.03. The minimum atomic E-state index is -1.13. The molecule has 0 radical (unpaired) electrons. The molecular formula is C13H17NO5. The molecule has 0 spiro atoms. The molecule has 0 saturated heterocycles. The van der Waals surface area contributed by atoms with Gasteiger partial charge < -0.3 is 19.9 Å². The van der Waals surface area contributed by atoms with Gasteiger partial charge in [0.1, 0.15) is 11.4 Å². The summed E-state index contributed by atoms with van der Waals surface area (Å²) in [4.78, 5) is 23.1. The number of carbonyl (C=O) groups is 2. The summed E-state index contributed by atoms with van der Waals surface area (Å²) >= 11 is 0. The van der Waals surface area contributed by atoms with Gasteiger partial charge >= 0.3 is 5.97 Å². The summed E-state index contributed by atoms with van der Waals surface area (Å²) in [5.41, 5.74) is -0.901. The molecule has 19 heavy (non-hydrogen) atoms. The molecule has 0 aliphatic heterocycles. The number of methoxy groups -OCH3 is 2. The molecule has 1 rings (SSSR count). The van der Waals surface area contributed by atoms with Crippen LogP contribution < -0.4 is 10.1 Å². The number of carboxylic acids is 1. The number of ether oxygens (including phenoxy) is 2. The lowest BCUT2D eigenvalue weighted by Crippen LogP contribution is -2.39. The Labute approximate surface area is 111 Å². The Morgan fingerprint density at radius 3 is 2.37 bits per heavy atom. The van der Waals surface area contributed by atoms with Crippen LogP contribution in [0.5, 0.6) is 5.75 Å². The van der Waals surface area contributed by atoms with Crippen molar-refractivity contribution < 1.29 is 24.2 Å². The van der Waals surface area contributed by atoms with Crippen LogP contribution in [0.4, 0.5) is 5.69 Å². The molecule has 1 aromatic carbocycles. The van der Waals surface area contributed by atoms with Crippen LogP contribution in [0.15, 0.2) is 18.2 Å². The average Bonchev–Trinajstić information content (AvgIpc) is 2.38. The number of carbonyl (C=O) groups excluding carboxylic acids is 1. The molecule has 0 fully saturated rings. The van der Waals surface area contributed by atoms with E-state index >= 15 is 0 Å². The molecule has 0 aliphatic rings. The van der Waals surface area contributed by atoms with Crippen molar-refractivity contribution in [2.24, 2.45) is 0 Å². The molecule has 1 aromatic rings. The van der Waals surface area contributed by atoms with Gasteiger partial charge in [0.2, 0.25) is 0 Å². The number of hydrogen-bond acceptors (Lipinski definition) is 4. The number of rotatable bonds is 5. The molecule has 0 aromatic heterocycles. The maximum Gasteiger partial charge on any atom is 0.337 e. The quantitative estimate of drug-likeness (QED) is 0.849.